The molecule has 0 fully saturated rings. The lowest BCUT2D eigenvalue weighted by Crippen LogP contribution is -2.06. The summed E-state index contributed by atoms with van der Waals surface area (Å²) in [5, 5.41) is 10.1. The number of thioether (sulfide) groups is 1. The number of anilines is 1. The molecule has 0 unspecified atom stereocenters. The molecule has 1 aromatic rings. The molecule has 0 saturated carbocycles. The van der Waals surface area contributed by atoms with Crippen molar-refractivity contribution >= 4 is 22.6 Å². The molecule has 2 nitrogen and oxygen atoms in total. The molecule has 0 bridgehead atoms. The average molecular weight is 184 g/mol. The van der Waals surface area contributed by atoms with Gasteiger partial charge in [0.05, 0.1) is 5.69 Å². The van der Waals surface area contributed by atoms with Crippen LogP contribution in [-0.2, 0) is 0 Å². The Labute approximate surface area is 74.7 Å². The molecule has 1 aromatic carbocycles. The summed E-state index contributed by atoms with van der Waals surface area (Å²) in [5.74, 6) is -0.337. The van der Waals surface area contributed by atoms with Gasteiger partial charge in [-0.15, -0.1) is 0 Å². The highest BCUT2D eigenvalue weighted by Gasteiger charge is 2.00. The van der Waals surface area contributed by atoms with Crippen LogP contribution >= 0.6 is 11.8 Å². The van der Waals surface area contributed by atoms with Gasteiger partial charge in [-0.2, -0.15) is 0 Å². The predicted octanol–water partition coefficient (Wildman–Crippen LogP) is 2.54. The Morgan fingerprint density at radius 3 is 2.75 bits per heavy atom. The zero-order valence-electron chi connectivity index (χ0n) is 6.60. The standard InChI is InChI=1S/C8H9FN2S/c1-12-8(10)11-7-5-3-2-4-6(7)9/h2-5H,1H3,(H2,10,11). The smallest absolute Gasteiger partial charge is 0.157 e. The molecule has 0 aliphatic rings. The van der Waals surface area contributed by atoms with Crippen LogP contribution in [0.1, 0.15) is 0 Å². The molecule has 0 aliphatic carbocycles. The monoisotopic (exact) mass is 184 g/mol. The molecular formula is C8H9FN2S. The first-order chi connectivity index (χ1) is 5.74. The molecule has 0 heterocycles. The van der Waals surface area contributed by atoms with E-state index in [1.807, 2.05) is 0 Å². The summed E-state index contributed by atoms with van der Waals surface area (Å²) in [5.41, 5.74) is 0.344. The molecule has 0 atom stereocenters. The third-order valence-corrected chi connectivity index (χ3v) is 1.84. The Morgan fingerprint density at radius 1 is 1.50 bits per heavy atom. The lowest BCUT2D eigenvalue weighted by atomic mass is 10.3. The molecule has 0 saturated heterocycles. The molecule has 0 spiro atoms. The van der Waals surface area contributed by atoms with Gasteiger partial charge in [-0.1, -0.05) is 23.9 Å². The van der Waals surface area contributed by atoms with Gasteiger partial charge in [-0.3, -0.25) is 5.41 Å². The van der Waals surface area contributed by atoms with Crippen molar-refractivity contribution in [3.05, 3.63) is 30.1 Å². The van der Waals surface area contributed by atoms with Crippen LogP contribution in [0.3, 0.4) is 0 Å². The van der Waals surface area contributed by atoms with E-state index in [-0.39, 0.29) is 11.0 Å². The Kier molecular flexibility index (Phi) is 3.10. The first kappa shape index (κ1) is 9.06. The zero-order chi connectivity index (χ0) is 8.97. The Morgan fingerprint density at radius 2 is 2.17 bits per heavy atom. The Hall–Kier alpha value is -1.03. The molecule has 0 aromatic heterocycles. The van der Waals surface area contributed by atoms with Crippen molar-refractivity contribution in [3.8, 4) is 0 Å². The topological polar surface area (TPSA) is 35.9 Å². The highest BCUT2D eigenvalue weighted by Crippen LogP contribution is 2.13. The molecule has 1 rings (SSSR count). The van der Waals surface area contributed by atoms with E-state index in [0.29, 0.717) is 5.69 Å². The molecule has 64 valence electrons. The maximum Gasteiger partial charge on any atom is 0.157 e. The minimum absolute atomic E-state index is 0.236. The fourth-order valence-corrected chi connectivity index (χ4v) is 0.948. The number of hydrogen-bond acceptors (Lipinski definition) is 2. The van der Waals surface area contributed by atoms with Crippen molar-refractivity contribution in [2.75, 3.05) is 11.6 Å². The summed E-state index contributed by atoms with van der Waals surface area (Å²) in [6.07, 6.45) is 1.76. The number of hydrogen-bond donors (Lipinski definition) is 2. The highest BCUT2D eigenvalue weighted by atomic mass is 32.2. The lowest BCUT2D eigenvalue weighted by Gasteiger charge is -2.05. The average Bonchev–Trinajstić information content (AvgIpc) is 2.09. The first-order valence-corrected chi connectivity index (χ1v) is 4.60. The van der Waals surface area contributed by atoms with Gasteiger partial charge >= 0.3 is 0 Å². The summed E-state index contributed by atoms with van der Waals surface area (Å²) in [6.45, 7) is 0. The SMILES string of the molecule is CSC(=N)Nc1ccccc1F. The van der Waals surface area contributed by atoms with Crippen LogP contribution in [0.4, 0.5) is 10.1 Å². The van der Waals surface area contributed by atoms with E-state index >= 15 is 0 Å². The molecular weight excluding hydrogens is 175 g/mol. The van der Waals surface area contributed by atoms with Crippen LogP contribution in [0, 0.1) is 11.2 Å². The summed E-state index contributed by atoms with van der Waals surface area (Å²) >= 11 is 1.23. The third-order valence-electron chi connectivity index (χ3n) is 1.33. The maximum absolute atomic E-state index is 12.9. The number of benzene rings is 1. The van der Waals surface area contributed by atoms with E-state index in [4.69, 9.17) is 5.41 Å². The van der Waals surface area contributed by atoms with E-state index in [9.17, 15) is 4.39 Å². The lowest BCUT2D eigenvalue weighted by molar-refractivity contribution is 0.632. The van der Waals surface area contributed by atoms with Crippen LogP contribution in [0.5, 0.6) is 0 Å². The highest BCUT2D eigenvalue weighted by molar-refractivity contribution is 8.13. The fraction of sp³-hybridized carbons (Fsp3) is 0.125. The second-order valence-electron chi connectivity index (χ2n) is 2.14. The Balaban J connectivity index is 2.75. The summed E-state index contributed by atoms with van der Waals surface area (Å²) in [4.78, 5) is 0. The van der Waals surface area contributed by atoms with E-state index < -0.39 is 0 Å². The van der Waals surface area contributed by atoms with Gasteiger partial charge in [0.1, 0.15) is 5.82 Å². The Bertz CT molecular complexity index is 288. The summed E-state index contributed by atoms with van der Waals surface area (Å²) < 4.78 is 12.9. The van der Waals surface area contributed by atoms with Crippen LogP contribution in [-0.4, -0.2) is 11.4 Å². The number of para-hydroxylation sites is 1. The van der Waals surface area contributed by atoms with Crippen LogP contribution < -0.4 is 5.32 Å². The van der Waals surface area contributed by atoms with Crippen molar-refractivity contribution in [2.45, 2.75) is 0 Å². The molecule has 0 amide bonds. The van der Waals surface area contributed by atoms with E-state index in [2.05, 4.69) is 5.32 Å². The van der Waals surface area contributed by atoms with Crippen molar-refractivity contribution in [1.29, 1.82) is 5.41 Å². The largest absolute Gasteiger partial charge is 0.333 e. The normalized spacial score (nSPS) is 9.50. The van der Waals surface area contributed by atoms with Gasteiger partial charge in [0.25, 0.3) is 0 Å². The first-order valence-electron chi connectivity index (χ1n) is 3.38. The van der Waals surface area contributed by atoms with Crippen LogP contribution in [0.2, 0.25) is 0 Å². The predicted molar refractivity (Wildman–Crippen MR) is 51.3 cm³/mol. The van der Waals surface area contributed by atoms with Crippen LogP contribution in [0.25, 0.3) is 0 Å². The minimum atomic E-state index is -0.337. The zero-order valence-corrected chi connectivity index (χ0v) is 7.41. The van der Waals surface area contributed by atoms with Crippen LogP contribution in [0.15, 0.2) is 24.3 Å². The van der Waals surface area contributed by atoms with Crippen molar-refractivity contribution < 1.29 is 4.39 Å². The molecule has 2 N–H and O–H groups in total. The van der Waals surface area contributed by atoms with Gasteiger partial charge in [-0.05, 0) is 18.4 Å². The van der Waals surface area contributed by atoms with Gasteiger partial charge in [0, 0.05) is 0 Å². The quantitative estimate of drug-likeness (QED) is 0.519. The van der Waals surface area contributed by atoms with Crippen molar-refractivity contribution in [1.82, 2.24) is 0 Å². The number of nitrogens with one attached hydrogen (secondary N) is 2. The third kappa shape index (κ3) is 2.23. The second kappa shape index (κ2) is 4.11. The maximum atomic E-state index is 12.9. The van der Waals surface area contributed by atoms with E-state index in [0.717, 1.165) is 0 Å². The number of rotatable bonds is 1. The summed E-state index contributed by atoms with van der Waals surface area (Å²) in [6, 6.07) is 6.29. The number of amidine groups is 1. The fourth-order valence-electron chi connectivity index (χ4n) is 0.736. The van der Waals surface area contributed by atoms with Crippen molar-refractivity contribution in [2.24, 2.45) is 0 Å². The van der Waals surface area contributed by atoms with Crippen molar-refractivity contribution in [3.63, 3.8) is 0 Å². The minimum Gasteiger partial charge on any atom is -0.333 e. The van der Waals surface area contributed by atoms with Gasteiger partial charge in [-0.25, -0.2) is 4.39 Å². The molecule has 0 aliphatic heterocycles. The molecule has 0 radical (unpaired) electrons. The summed E-state index contributed by atoms with van der Waals surface area (Å²) in [7, 11) is 0. The molecule has 12 heavy (non-hydrogen) atoms. The van der Waals surface area contributed by atoms with Gasteiger partial charge in [0.15, 0.2) is 5.17 Å². The van der Waals surface area contributed by atoms with E-state index in [1.165, 1.54) is 17.8 Å². The van der Waals surface area contributed by atoms with Gasteiger partial charge < -0.3 is 5.32 Å². The number of halogens is 1. The van der Waals surface area contributed by atoms with Gasteiger partial charge in [0.2, 0.25) is 0 Å². The van der Waals surface area contributed by atoms with E-state index in [1.54, 1.807) is 24.5 Å². The molecule has 4 heteroatoms. The second-order valence-corrected chi connectivity index (χ2v) is 2.95.